The Morgan fingerprint density at radius 1 is 1.14 bits per heavy atom. The number of aromatic nitrogens is 1. The maximum absolute atomic E-state index is 12.7. The Bertz CT molecular complexity index is 1040. The van der Waals surface area contributed by atoms with Crippen LogP contribution >= 0.6 is 0 Å². The zero-order valence-corrected chi connectivity index (χ0v) is 20.3. The van der Waals surface area contributed by atoms with Gasteiger partial charge in [-0.25, -0.2) is 9.59 Å². The van der Waals surface area contributed by atoms with Crippen molar-refractivity contribution < 1.29 is 23.8 Å². The van der Waals surface area contributed by atoms with Crippen LogP contribution in [-0.4, -0.2) is 85.1 Å². The summed E-state index contributed by atoms with van der Waals surface area (Å²) in [6, 6.07) is 12.8. The number of amides is 2. The van der Waals surface area contributed by atoms with Crippen LogP contribution in [0.2, 0.25) is 0 Å². The Morgan fingerprint density at radius 2 is 1.83 bits per heavy atom. The van der Waals surface area contributed by atoms with Crippen LogP contribution in [0, 0.1) is 11.3 Å². The first-order valence-corrected chi connectivity index (χ1v) is 12.1. The molecule has 10 nitrogen and oxygen atoms in total. The van der Waals surface area contributed by atoms with Gasteiger partial charge in [-0.2, -0.15) is 5.26 Å². The van der Waals surface area contributed by atoms with E-state index in [1.807, 2.05) is 12.1 Å². The molecule has 3 unspecified atom stereocenters. The van der Waals surface area contributed by atoms with Gasteiger partial charge >= 0.3 is 12.2 Å². The number of nitriles is 1. The van der Waals surface area contributed by atoms with Gasteiger partial charge in [0.2, 0.25) is 0 Å². The van der Waals surface area contributed by atoms with E-state index < -0.39 is 6.09 Å². The van der Waals surface area contributed by atoms with E-state index in [4.69, 9.17) is 19.5 Å². The Hall–Kier alpha value is -3.84. The highest BCUT2D eigenvalue weighted by atomic mass is 16.6. The van der Waals surface area contributed by atoms with Gasteiger partial charge in [-0.3, -0.25) is 9.88 Å². The molecular weight excluding hydrogens is 462 g/mol. The molecule has 2 fully saturated rings. The third-order valence-electron chi connectivity index (χ3n) is 6.63. The summed E-state index contributed by atoms with van der Waals surface area (Å²) in [5, 5.41) is 11.8. The molecule has 3 atom stereocenters. The maximum atomic E-state index is 12.7. The highest BCUT2D eigenvalue weighted by Gasteiger charge is 2.42. The van der Waals surface area contributed by atoms with Gasteiger partial charge in [0, 0.05) is 50.5 Å². The van der Waals surface area contributed by atoms with E-state index in [-0.39, 0.29) is 30.8 Å². The highest BCUT2D eigenvalue weighted by Crippen LogP contribution is 2.30. The van der Waals surface area contributed by atoms with E-state index >= 15 is 0 Å². The minimum Gasteiger partial charge on any atom is -0.491 e. The molecular formula is C26H31N5O5. The van der Waals surface area contributed by atoms with E-state index in [1.165, 1.54) is 7.11 Å². The van der Waals surface area contributed by atoms with E-state index in [0.29, 0.717) is 44.0 Å². The van der Waals surface area contributed by atoms with Crippen LogP contribution in [0.5, 0.6) is 5.75 Å². The zero-order valence-electron chi connectivity index (χ0n) is 20.3. The second-order valence-corrected chi connectivity index (χ2v) is 8.99. The first-order valence-electron chi connectivity index (χ1n) is 12.1. The van der Waals surface area contributed by atoms with E-state index in [0.717, 1.165) is 18.4 Å². The minimum absolute atomic E-state index is 0.188. The number of hydrogen-bond acceptors (Lipinski definition) is 8. The first-order chi connectivity index (χ1) is 17.6. The van der Waals surface area contributed by atoms with Crippen LogP contribution in [0.4, 0.5) is 9.59 Å². The van der Waals surface area contributed by atoms with Gasteiger partial charge in [0.1, 0.15) is 12.4 Å². The fourth-order valence-electron chi connectivity index (χ4n) is 4.78. The summed E-state index contributed by atoms with van der Waals surface area (Å²) in [7, 11) is 1.33. The summed E-state index contributed by atoms with van der Waals surface area (Å²) in [6.07, 6.45) is 5.26. The summed E-state index contributed by atoms with van der Waals surface area (Å²) < 4.78 is 16.2. The predicted molar refractivity (Wildman–Crippen MR) is 130 cm³/mol. The first kappa shape index (κ1) is 25.3. The number of carbonyl (C=O) groups excluding carboxylic acids is 2. The lowest BCUT2D eigenvalue weighted by Crippen LogP contribution is -2.59. The van der Waals surface area contributed by atoms with Crippen molar-refractivity contribution in [1.82, 2.24) is 20.1 Å². The van der Waals surface area contributed by atoms with Crippen LogP contribution in [0.25, 0.3) is 0 Å². The molecule has 0 radical (unpaired) electrons. The largest absolute Gasteiger partial charge is 0.491 e. The molecule has 4 rings (SSSR count). The number of piperazine rings is 1. The lowest BCUT2D eigenvalue weighted by molar-refractivity contribution is 0.0386. The number of hydrogen-bond donors (Lipinski definition) is 1. The Balaban J connectivity index is 1.30. The minimum atomic E-state index is -0.521. The Morgan fingerprint density at radius 3 is 2.47 bits per heavy atom. The van der Waals surface area contributed by atoms with Crippen LogP contribution in [0.1, 0.15) is 24.0 Å². The van der Waals surface area contributed by atoms with Crippen molar-refractivity contribution in [3.05, 3.63) is 59.9 Å². The van der Waals surface area contributed by atoms with Crippen LogP contribution in [-0.2, 0) is 15.9 Å². The number of carbonyl (C=O) groups is 2. The SMILES string of the molecule is COC(=O)NC(COc1ccc(C#N)cc1)CN1C2CCC1CN(C(=O)OCCc1ccncc1)C2. The number of nitrogens with zero attached hydrogens (tertiary/aromatic N) is 4. The number of ether oxygens (including phenoxy) is 3. The van der Waals surface area contributed by atoms with Gasteiger partial charge < -0.3 is 24.4 Å². The monoisotopic (exact) mass is 493 g/mol. The van der Waals surface area contributed by atoms with Crippen molar-refractivity contribution in [2.45, 2.75) is 37.4 Å². The molecule has 2 bridgehead atoms. The van der Waals surface area contributed by atoms with Crippen molar-refractivity contribution >= 4 is 12.2 Å². The van der Waals surface area contributed by atoms with Gasteiger partial charge in [0.05, 0.1) is 31.4 Å². The van der Waals surface area contributed by atoms with Crippen molar-refractivity contribution in [2.24, 2.45) is 0 Å². The molecule has 190 valence electrons. The molecule has 0 aliphatic carbocycles. The number of nitrogens with one attached hydrogen (secondary N) is 1. The number of pyridine rings is 1. The van der Waals surface area contributed by atoms with Crippen molar-refractivity contribution in [3.8, 4) is 11.8 Å². The molecule has 1 aromatic heterocycles. The zero-order chi connectivity index (χ0) is 25.3. The van der Waals surface area contributed by atoms with E-state index in [1.54, 1.807) is 41.6 Å². The van der Waals surface area contributed by atoms with Gasteiger partial charge in [-0.1, -0.05) is 0 Å². The van der Waals surface area contributed by atoms with Crippen molar-refractivity contribution in [1.29, 1.82) is 5.26 Å². The smallest absolute Gasteiger partial charge is 0.409 e. The Kier molecular flexibility index (Phi) is 8.57. The highest BCUT2D eigenvalue weighted by molar-refractivity contribution is 5.68. The van der Waals surface area contributed by atoms with Crippen LogP contribution in [0.15, 0.2) is 48.8 Å². The topological polar surface area (TPSA) is 117 Å². The average molecular weight is 494 g/mol. The summed E-state index contributed by atoms with van der Waals surface area (Å²) in [5.74, 6) is 0.618. The third kappa shape index (κ3) is 6.64. The molecule has 1 N–H and O–H groups in total. The fraction of sp³-hybridized carbons (Fsp3) is 0.462. The summed E-state index contributed by atoms with van der Waals surface area (Å²) in [5.41, 5.74) is 1.63. The molecule has 2 saturated heterocycles. The molecule has 36 heavy (non-hydrogen) atoms. The number of benzene rings is 1. The summed E-state index contributed by atoms with van der Waals surface area (Å²) >= 11 is 0. The predicted octanol–water partition coefficient (Wildman–Crippen LogP) is 2.58. The molecule has 1 aromatic carbocycles. The van der Waals surface area contributed by atoms with Crippen molar-refractivity contribution in [2.75, 3.05) is 40.0 Å². The standard InChI is InChI=1S/C26H31N5O5/c1-34-25(32)29-21(18-36-24-6-2-20(14-27)3-7-24)15-31-22-4-5-23(31)17-30(16-22)26(33)35-13-10-19-8-11-28-12-9-19/h2-3,6-9,11-12,21-23H,4-5,10,13,15-18H2,1H3,(H,29,32). The number of methoxy groups -OCH3 is 1. The lowest BCUT2D eigenvalue weighted by atomic mass is 10.1. The number of fused-ring (bicyclic) bond motifs is 2. The summed E-state index contributed by atoms with van der Waals surface area (Å²) in [4.78, 5) is 32.8. The molecule has 10 heteroatoms. The third-order valence-corrected chi connectivity index (χ3v) is 6.63. The quantitative estimate of drug-likeness (QED) is 0.567. The van der Waals surface area contributed by atoms with Crippen LogP contribution < -0.4 is 10.1 Å². The normalized spacial score (nSPS) is 19.7. The number of likely N-dealkylation sites (tertiary alicyclic amines) is 1. The molecule has 3 heterocycles. The molecule has 2 aromatic rings. The van der Waals surface area contributed by atoms with Crippen molar-refractivity contribution in [3.63, 3.8) is 0 Å². The molecule has 2 amide bonds. The second kappa shape index (κ2) is 12.2. The summed E-state index contributed by atoms with van der Waals surface area (Å²) in [6.45, 7) is 2.33. The number of alkyl carbamates (subject to hydrolysis) is 1. The van der Waals surface area contributed by atoms with Gasteiger partial charge in [0.25, 0.3) is 0 Å². The molecule has 0 saturated carbocycles. The maximum Gasteiger partial charge on any atom is 0.409 e. The van der Waals surface area contributed by atoms with E-state index in [2.05, 4.69) is 21.3 Å². The van der Waals surface area contributed by atoms with Gasteiger partial charge in [0.15, 0.2) is 0 Å². The fourth-order valence-corrected chi connectivity index (χ4v) is 4.78. The van der Waals surface area contributed by atoms with Gasteiger partial charge in [-0.15, -0.1) is 0 Å². The molecule has 2 aliphatic rings. The van der Waals surface area contributed by atoms with Crippen LogP contribution in [0.3, 0.4) is 0 Å². The molecule has 0 spiro atoms. The average Bonchev–Trinajstić information content (AvgIpc) is 3.13. The number of rotatable bonds is 9. The lowest BCUT2D eigenvalue weighted by Gasteiger charge is -2.41. The van der Waals surface area contributed by atoms with Gasteiger partial charge in [-0.05, 0) is 54.8 Å². The molecule has 2 aliphatic heterocycles. The second-order valence-electron chi connectivity index (χ2n) is 8.99. The van der Waals surface area contributed by atoms with E-state index in [9.17, 15) is 9.59 Å². The Labute approximate surface area is 210 Å².